The molecule has 0 saturated carbocycles. The number of aromatic nitrogens is 2. The molecule has 0 aliphatic rings. The van der Waals surface area contributed by atoms with Crippen molar-refractivity contribution in [2.45, 2.75) is 31.3 Å². The number of hydrogen-bond donors (Lipinski definition) is 3. The molecule has 0 aliphatic heterocycles. The van der Waals surface area contributed by atoms with E-state index in [9.17, 15) is 13.2 Å². The number of rotatable bonds is 7. The number of sulfonamides is 1. The summed E-state index contributed by atoms with van der Waals surface area (Å²) in [6.45, 7) is 5.33. The Hall–Kier alpha value is -4.52. The maximum atomic E-state index is 12.2. The lowest BCUT2D eigenvalue weighted by Gasteiger charge is -2.18. The Kier molecular flexibility index (Phi) is 7.63. The minimum Gasteiger partial charge on any atom is -0.444 e. The van der Waals surface area contributed by atoms with Crippen molar-refractivity contribution in [2.24, 2.45) is 5.14 Å². The molecule has 0 unspecified atom stereocenters. The van der Waals surface area contributed by atoms with Crippen molar-refractivity contribution in [1.29, 1.82) is 0 Å². The minimum absolute atomic E-state index is 0.0307. The van der Waals surface area contributed by atoms with Gasteiger partial charge in [-0.25, -0.2) is 28.3 Å². The van der Waals surface area contributed by atoms with E-state index in [-0.39, 0.29) is 4.90 Å². The van der Waals surface area contributed by atoms with Crippen LogP contribution in [0.3, 0.4) is 0 Å². The van der Waals surface area contributed by atoms with Crippen molar-refractivity contribution in [3.8, 4) is 21.9 Å². The highest BCUT2D eigenvalue weighted by Gasteiger charge is 2.20. The minimum atomic E-state index is -3.90. The van der Waals surface area contributed by atoms with Crippen LogP contribution in [-0.2, 0) is 14.8 Å². The third-order valence-corrected chi connectivity index (χ3v) is 7.38. The van der Waals surface area contributed by atoms with E-state index < -0.39 is 21.7 Å². The van der Waals surface area contributed by atoms with Crippen LogP contribution in [0.2, 0.25) is 0 Å². The molecule has 2 heterocycles. The van der Waals surface area contributed by atoms with E-state index in [2.05, 4.69) is 20.6 Å². The number of anilines is 3. The molecule has 1 amide bonds. The van der Waals surface area contributed by atoms with Gasteiger partial charge in [-0.3, -0.25) is 5.32 Å². The van der Waals surface area contributed by atoms with E-state index in [1.165, 1.54) is 18.3 Å². The van der Waals surface area contributed by atoms with E-state index >= 15 is 0 Å². The molecule has 0 radical (unpaired) electrons. The monoisotopic (exact) mass is 589 g/mol. The molecule has 0 fully saturated rings. The van der Waals surface area contributed by atoms with Crippen LogP contribution in [0.1, 0.15) is 20.8 Å². The summed E-state index contributed by atoms with van der Waals surface area (Å²) in [7, 11) is -3.90. The molecule has 2 aromatic heterocycles. The lowest BCUT2D eigenvalue weighted by Crippen LogP contribution is -2.27. The first-order valence-corrected chi connectivity index (χ1v) is 14.8. The number of hydrogen-bond acceptors (Lipinski definition) is 9. The smallest absolute Gasteiger partial charge is 0.413 e. The summed E-state index contributed by atoms with van der Waals surface area (Å²) in [6, 6.07) is 21.8. The Balaban J connectivity index is 1.52. The fourth-order valence-corrected chi connectivity index (χ4v) is 5.23. The first kappa shape index (κ1) is 28.0. The number of nitrogens with two attached hydrogens (primary N) is 1. The molecule has 0 atom stereocenters. The van der Waals surface area contributed by atoms with Crippen LogP contribution in [0.5, 0.6) is 10.8 Å². The van der Waals surface area contributed by atoms with Crippen LogP contribution in [0, 0.1) is 0 Å². The molecule has 0 bridgehead atoms. The molecule has 10 nitrogen and oxygen atoms in total. The summed E-state index contributed by atoms with van der Waals surface area (Å²) in [4.78, 5) is 20.9. The van der Waals surface area contributed by atoms with E-state index in [4.69, 9.17) is 14.6 Å². The van der Waals surface area contributed by atoms with E-state index in [0.29, 0.717) is 33.0 Å². The summed E-state index contributed by atoms with van der Waals surface area (Å²) >= 11 is 1.14. The fourth-order valence-electron chi connectivity index (χ4n) is 4.00. The number of primary sulfonamides is 1. The Morgan fingerprint density at radius 2 is 1.73 bits per heavy atom. The molecule has 5 rings (SSSR count). The number of fused-ring (bicyclic) bond motifs is 1. The van der Waals surface area contributed by atoms with E-state index in [0.717, 1.165) is 27.7 Å². The Morgan fingerprint density at radius 3 is 2.49 bits per heavy atom. The number of benzene rings is 3. The van der Waals surface area contributed by atoms with Gasteiger partial charge in [-0.15, -0.1) is 0 Å². The highest BCUT2D eigenvalue weighted by molar-refractivity contribution is 7.89. The molecule has 4 N–H and O–H groups in total. The number of nitrogens with one attached hydrogen (secondary N) is 2. The van der Waals surface area contributed by atoms with Gasteiger partial charge >= 0.3 is 6.09 Å². The molecule has 210 valence electrons. The second-order valence-electron chi connectivity index (χ2n) is 10.0. The van der Waals surface area contributed by atoms with Crippen LogP contribution in [0.25, 0.3) is 21.9 Å². The van der Waals surface area contributed by atoms with E-state index in [1.807, 2.05) is 42.5 Å². The second-order valence-corrected chi connectivity index (χ2v) is 12.6. The molecular weight excluding hydrogens is 562 g/mol. The van der Waals surface area contributed by atoms with Gasteiger partial charge in [0.15, 0.2) is 5.13 Å². The van der Waals surface area contributed by atoms with Crippen LogP contribution in [-0.4, -0.2) is 30.1 Å². The van der Waals surface area contributed by atoms with Gasteiger partial charge in [0.1, 0.15) is 17.2 Å². The molecule has 3 aromatic carbocycles. The van der Waals surface area contributed by atoms with Gasteiger partial charge < -0.3 is 14.8 Å². The first-order valence-electron chi connectivity index (χ1n) is 12.5. The number of carbonyl (C=O) groups excluding carboxylic acids is 1. The van der Waals surface area contributed by atoms with Crippen LogP contribution < -0.4 is 20.5 Å². The Labute approximate surface area is 241 Å². The van der Waals surface area contributed by atoms with Crippen molar-refractivity contribution in [3.63, 3.8) is 0 Å². The van der Waals surface area contributed by atoms with Crippen LogP contribution >= 0.6 is 11.3 Å². The third-order valence-electron chi connectivity index (χ3n) is 5.68. The summed E-state index contributed by atoms with van der Waals surface area (Å²) in [5, 5.41) is 14.0. The highest BCUT2D eigenvalue weighted by Crippen LogP contribution is 2.41. The quantitative estimate of drug-likeness (QED) is 0.186. The molecular formula is C29H27N5O5S2. The maximum Gasteiger partial charge on any atom is 0.413 e. The average Bonchev–Trinajstić information content (AvgIpc) is 3.33. The SMILES string of the molecule is CC(C)(C)OC(=O)Nc1ncc(Oc2ccnc(Nc3cccc(S(N)(=O)=O)c3)c2-c2ccc3ccccc3c2)s1. The summed E-state index contributed by atoms with van der Waals surface area (Å²) < 4.78 is 35.4. The summed E-state index contributed by atoms with van der Waals surface area (Å²) in [5.74, 6) is 0.897. The zero-order valence-electron chi connectivity index (χ0n) is 22.4. The molecule has 5 aromatic rings. The number of amides is 1. The predicted molar refractivity (Wildman–Crippen MR) is 160 cm³/mol. The standard InChI is InChI=1S/C29H27N5O5S2/c1-29(2,3)39-28(35)34-27-32-17-24(40-27)38-23-13-14-31-26(33-21-9-6-10-22(16-21)41(30,36)37)25(23)20-12-11-18-7-4-5-8-19(18)15-20/h4-17H,1-3H3,(H,31,33)(H2,30,36,37)(H,32,34,35). The zero-order chi connectivity index (χ0) is 29.2. The molecule has 0 spiro atoms. The molecule has 0 saturated heterocycles. The summed E-state index contributed by atoms with van der Waals surface area (Å²) in [6.07, 6.45) is 2.46. The van der Waals surface area contributed by atoms with Gasteiger partial charge in [-0.05, 0) is 67.4 Å². The maximum absolute atomic E-state index is 12.2. The topological polar surface area (TPSA) is 146 Å². The number of nitrogens with zero attached hydrogens (tertiary/aromatic N) is 2. The molecule has 41 heavy (non-hydrogen) atoms. The van der Waals surface area contributed by atoms with Gasteiger partial charge in [0.25, 0.3) is 0 Å². The number of carbonyl (C=O) groups is 1. The van der Waals surface area contributed by atoms with Gasteiger partial charge in [-0.2, -0.15) is 0 Å². The molecule has 0 aliphatic carbocycles. The van der Waals surface area contributed by atoms with Crippen molar-refractivity contribution in [2.75, 3.05) is 10.6 Å². The second kappa shape index (κ2) is 11.2. The number of thiazole rings is 1. The van der Waals surface area contributed by atoms with Crippen molar-refractivity contribution < 1.29 is 22.7 Å². The largest absolute Gasteiger partial charge is 0.444 e. The fraction of sp³-hybridized carbons (Fsp3) is 0.138. The lowest BCUT2D eigenvalue weighted by atomic mass is 10.0. The van der Waals surface area contributed by atoms with Gasteiger partial charge in [0, 0.05) is 11.9 Å². The van der Waals surface area contributed by atoms with E-state index in [1.54, 1.807) is 45.2 Å². The van der Waals surface area contributed by atoms with Gasteiger partial charge in [-0.1, -0.05) is 53.8 Å². The number of ether oxygens (including phenoxy) is 2. The zero-order valence-corrected chi connectivity index (χ0v) is 24.0. The van der Waals surface area contributed by atoms with Crippen molar-refractivity contribution in [1.82, 2.24) is 9.97 Å². The average molecular weight is 590 g/mol. The van der Waals surface area contributed by atoms with Crippen LogP contribution in [0.4, 0.5) is 21.4 Å². The summed E-state index contributed by atoms with van der Waals surface area (Å²) in [5.41, 5.74) is 1.27. The van der Waals surface area contributed by atoms with Gasteiger partial charge in [0.2, 0.25) is 15.1 Å². The Morgan fingerprint density at radius 1 is 0.951 bits per heavy atom. The van der Waals surface area contributed by atoms with Crippen LogP contribution in [0.15, 0.2) is 90.1 Å². The number of pyridine rings is 1. The predicted octanol–water partition coefficient (Wildman–Crippen LogP) is 6.89. The Bertz CT molecular complexity index is 1850. The first-order chi connectivity index (χ1) is 19.4. The van der Waals surface area contributed by atoms with Crippen molar-refractivity contribution >= 4 is 54.9 Å². The van der Waals surface area contributed by atoms with Crippen molar-refractivity contribution in [3.05, 3.63) is 85.2 Å². The molecule has 12 heteroatoms. The highest BCUT2D eigenvalue weighted by atomic mass is 32.2. The third kappa shape index (κ3) is 6.98. The van der Waals surface area contributed by atoms with Gasteiger partial charge in [0.05, 0.1) is 16.7 Å². The normalized spacial score (nSPS) is 11.7. The lowest BCUT2D eigenvalue weighted by molar-refractivity contribution is 0.0636.